The lowest BCUT2D eigenvalue weighted by atomic mass is 10.2. The molecule has 1 heterocycles. The van der Waals surface area contributed by atoms with E-state index in [1.54, 1.807) is 0 Å². The fourth-order valence-electron chi connectivity index (χ4n) is 2.28. The van der Waals surface area contributed by atoms with Crippen LogP contribution in [-0.2, 0) is 0 Å². The minimum absolute atomic E-state index is 0.989. The number of fused-ring (bicyclic) bond motifs is 1. The van der Waals surface area contributed by atoms with Crippen LogP contribution in [-0.4, -0.2) is 13.1 Å². The maximum Gasteiger partial charge on any atom is 0.0785 e. The van der Waals surface area contributed by atoms with E-state index >= 15 is 0 Å². The summed E-state index contributed by atoms with van der Waals surface area (Å²) in [5.74, 6) is 0. The normalized spacial score (nSPS) is 14.2. The summed E-state index contributed by atoms with van der Waals surface area (Å²) in [6.07, 6.45) is 5.22. The summed E-state index contributed by atoms with van der Waals surface area (Å²) in [4.78, 5) is 0. The van der Waals surface area contributed by atoms with Crippen LogP contribution in [0.2, 0.25) is 0 Å². The second kappa shape index (κ2) is 5.92. The van der Waals surface area contributed by atoms with Gasteiger partial charge in [-0.05, 0) is 25.5 Å². The first-order valence-corrected chi connectivity index (χ1v) is 6.77. The molecule has 3 heteroatoms. The van der Waals surface area contributed by atoms with Crippen LogP contribution >= 0.6 is 0 Å². The van der Waals surface area contributed by atoms with Crippen molar-refractivity contribution in [2.24, 2.45) is 0 Å². The van der Waals surface area contributed by atoms with Crippen molar-refractivity contribution in [2.75, 3.05) is 23.1 Å². The number of rotatable bonds is 6. The molecular weight excluding hydrogens is 210 g/mol. The molecule has 0 aromatic heterocycles. The Kier molecular flexibility index (Phi) is 4.26. The molecule has 3 nitrogen and oxygen atoms in total. The minimum Gasteiger partial charge on any atom is -0.289 e. The fourth-order valence-corrected chi connectivity index (χ4v) is 2.28. The lowest BCUT2D eigenvalue weighted by Gasteiger charge is -2.21. The molecule has 1 N–H and O–H groups in total. The molecule has 0 spiro atoms. The third kappa shape index (κ3) is 2.72. The molecule has 0 fully saturated rings. The van der Waals surface area contributed by atoms with Gasteiger partial charge in [-0.3, -0.25) is 10.0 Å². The Hall–Kier alpha value is -1.22. The Morgan fingerprint density at radius 3 is 2.29 bits per heavy atom. The van der Waals surface area contributed by atoms with E-state index in [0.717, 1.165) is 13.1 Å². The average Bonchev–Trinajstić information content (AvgIpc) is 2.73. The molecule has 0 bridgehead atoms. The second-order valence-electron chi connectivity index (χ2n) is 4.55. The van der Waals surface area contributed by atoms with E-state index in [1.165, 1.54) is 37.1 Å². The van der Waals surface area contributed by atoms with Gasteiger partial charge in [-0.2, -0.15) is 0 Å². The first-order valence-electron chi connectivity index (χ1n) is 6.77. The zero-order valence-electron chi connectivity index (χ0n) is 10.9. The molecule has 1 aromatic carbocycles. The van der Waals surface area contributed by atoms with Crippen LogP contribution < -0.4 is 15.6 Å². The maximum atomic E-state index is 3.45. The van der Waals surface area contributed by atoms with Gasteiger partial charge in [-0.1, -0.05) is 38.3 Å². The molecule has 0 unspecified atom stereocenters. The van der Waals surface area contributed by atoms with Crippen LogP contribution in [0.1, 0.15) is 39.5 Å². The van der Waals surface area contributed by atoms with Crippen LogP contribution in [0.25, 0.3) is 0 Å². The Labute approximate surface area is 104 Å². The van der Waals surface area contributed by atoms with Crippen molar-refractivity contribution in [2.45, 2.75) is 39.5 Å². The van der Waals surface area contributed by atoms with E-state index in [2.05, 4.69) is 53.7 Å². The van der Waals surface area contributed by atoms with E-state index in [0.29, 0.717) is 0 Å². The Morgan fingerprint density at radius 2 is 1.65 bits per heavy atom. The highest BCUT2D eigenvalue weighted by Crippen LogP contribution is 2.32. The van der Waals surface area contributed by atoms with E-state index < -0.39 is 0 Å². The van der Waals surface area contributed by atoms with Crippen LogP contribution in [0.4, 0.5) is 11.4 Å². The first-order chi connectivity index (χ1) is 8.36. The van der Waals surface area contributed by atoms with Gasteiger partial charge in [0.1, 0.15) is 0 Å². The van der Waals surface area contributed by atoms with Gasteiger partial charge in [0.2, 0.25) is 0 Å². The number of unbranched alkanes of at least 4 members (excludes halogenated alkanes) is 3. The van der Waals surface area contributed by atoms with Gasteiger partial charge in [-0.15, -0.1) is 5.53 Å². The van der Waals surface area contributed by atoms with Gasteiger partial charge in [0, 0.05) is 13.1 Å². The third-order valence-corrected chi connectivity index (χ3v) is 3.26. The van der Waals surface area contributed by atoms with Crippen molar-refractivity contribution in [1.29, 1.82) is 0 Å². The summed E-state index contributed by atoms with van der Waals surface area (Å²) in [5.41, 5.74) is 6.06. The monoisotopic (exact) mass is 233 g/mol. The standard InChI is InChI=1S/C14H23N3/c1-3-5-6-9-12-17-14-11-8-7-10-13(14)16(4-2)15-17/h7-8,10-11,15H,3-6,9,12H2,1-2H3. The molecule has 1 aliphatic heterocycles. The SMILES string of the molecule is CCCCCCN1NN(CC)c2ccccc21. The number of benzene rings is 1. The lowest BCUT2D eigenvalue weighted by molar-refractivity contribution is 0.581. The molecule has 0 radical (unpaired) electrons. The zero-order chi connectivity index (χ0) is 12.1. The van der Waals surface area contributed by atoms with Crippen LogP contribution in [0.15, 0.2) is 24.3 Å². The number of anilines is 2. The first kappa shape index (κ1) is 12.2. The molecule has 0 saturated carbocycles. The molecular formula is C14H23N3. The summed E-state index contributed by atoms with van der Waals surface area (Å²) in [5, 5.41) is 4.48. The van der Waals surface area contributed by atoms with Crippen LogP contribution in [0, 0.1) is 0 Å². The van der Waals surface area contributed by atoms with E-state index in [4.69, 9.17) is 0 Å². The smallest absolute Gasteiger partial charge is 0.0785 e. The van der Waals surface area contributed by atoms with Gasteiger partial charge in [0.05, 0.1) is 11.4 Å². The maximum absolute atomic E-state index is 3.45. The summed E-state index contributed by atoms with van der Waals surface area (Å²) >= 11 is 0. The summed E-state index contributed by atoms with van der Waals surface area (Å²) in [6, 6.07) is 8.58. The molecule has 17 heavy (non-hydrogen) atoms. The van der Waals surface area contributed by atoms with Gasteiger partial charge < -0.3 is 0 Å². The molecule has 0 amide bonds. The molecule has 0 aliphatic carbocycles. The van der Waals surface area contributed by atoms with Crippen LogP contribution in [0.3, 0.4) is 0 Å². The molecule has 0 saturated heterocycles. The Bertz CT molecular complexity index is 351. The van der Waals surface area contributed by atoms with Gasteiger partial charge in [-0.25, -0.2) is 0 Å². The summed E-state index contributed by atoms with van der Waals surface area (Å²) < 4.78 is 0. The highest BCUT2D eigenvalue weighted by molar-refractivity contribution is 5.74. The van der Waals surface area contributed by atoms with Crippen molar-refractivity contribution >= 4 is 11.4 Å². The third-order valence-electron chi connectivity index (χ3n) is 3.26. The number of para-hydroxylation sites is 2. The van der Waals surface area contributed by atoms with Crippen molar-refractivity contribution < 1.29 is 0 Å². The molecule has 1 aliphatic rings. The van der Waals surface area contributed by atoms with Crippen LogP contribution in [0.5, 0.6) is 0 Å². The minimum atomic E-state index is 0.989. The number of hydrazine groups is 2. The number of nitrogens with one attached hydrogen (secondary N) is 1. The average molecular weight is 233 g/mol. The summed E-state index contributed by atoms with van der Waals surface area (Å²) in [7, 11) is 0. The highest BCUT2D eigenvalue weighted by atomic mass is 15.8. The largest absolute Gasteiger partial charge is 0.289 e. The summed E-state index contributed by atoms with van der Waals surface area (Å²) in [6.45, 7) is 6.50. The predicted molar refractivity (Wildman–Crippen MR) is 74.1 cm³/mol. The molecule has 94 valence electrons. The number of nitrogens with zero attached hydrogens (tertiary/aromatic N) is 2. The van der Waals surface area contributed by atoms with Gasteiger partial charge in [0.15, 0.2) is 0 Å². The second-order valence-corrected chi connectivity index (χ2v) is 4.55. The predicted octanol–water partition coefficient (Wildman–Crippen LogP) is 3.33. The number of hydrogen-bond acceptors (Lipinski definition) is 3. The lowest BCUT2D eigenvalue weighted by Crippen LogP contribution is -2.44. The molecule has 2 rings (SSSR count). The van der Waals surface area contributed by atoms with Crippen molar-refractivity contribution in [1.82, 2.24) is 5.53 Å². The molecule has 0 atom stereocenters. The fraction of sp³-hybridized carbons (Fsp3) is 0.571. The van der Waals surface area contributed by atoms with Gasteiger partial charge >= 0.3 is 0 Å². The van der Waals surface area contributed by atoms with Crippen molar-refractivity contribution in [3.63, 3.8) is 0 Å². The van der Waals surface area contributed by atoms with Crippen molar-refractivity contribution in [3.8, 4) is 0 Å². The Balaban J connectivity index is 1.96. The molecule has 1 aromatic rings. The quantitative estimate of drug-likeness (QED) is 0.760. The van der Waals surface area contributed by atoms with E-state index in [1.807, 2.05) is 0 Å². The topological polar surface area (TPSA) is 18.5 Å². The van der Waals surface area contributed by atoms with Crippen molar-refractivity contribution in [3.05, 3.63) is 24.3 Å². The Morgan fingerprint density at radius 1 is 0.941 bits per heavy atom. The zero-order valence-corrected chi connectivity index (χ0v) is 10.9. The van der Waals surface area contributed by atoms with E-state index in [9.17, 15) is 0 Å². The van der Waals surface area contributed by atoms with Gasteiger partial charge in [0.25, 0.3) is 0 Å². The van der Waals surface area contributed by atoms with E-state index in [-0.39, 0.29) is 0 Å². The highest BCUT2D eigenvalue weighted by Gasteiger charge is 2.22. The number of hydrogen-bond donors (Lipinski definition) is 1.